The second-order valence-corrected chi connectivity index (χ2v) is 4.93. The molecule has 1 aliphatic heterocycles. The highest BCUT2D eigenvalue weighted by Gasteiger charge is 2.55. The molecule has 0 spiro atoms. The molecule has 1 amide bonds. The van der Waals surface area contributed by atoms with Gasteiger partial charge in [0.2, 0.25) is 0 Å². The molecule has 5 nitrogen and oxygen atoms in total. The first-order chi connectivity index (χ1) is 7.54. The Balaban J connectivity index is 2.85. The van der Waals surface area contributed by atoms with Gasteiger partial charge in [0.05, 0.1) is 0 Å². The van der Waals surface area contributed by atoms with E-state index >= 15 is 0 Å². The smallest absolute Gasteiger partial charge is 0.411 e. The van der Waals surface area contributed by atoms with Crippen molar-refractivity contribution in [2.24, 2.45) is 0 Å². The van der Waals surface area contributed by atoms with Crippen LogP contribution in [0.5, 0.6) is 0 Å². The van der Waals surface area contributed by atoms with E-state index in [-0.39, 0.29) is 6.54 Å². The minimum absolute atomic E-state index is 0.321. The first-order valence-corrected chi connectivity index (χ1v) is 5.15. The van der Waals surface area contributed by atoms with Crippen molar-refractivity contribution in [1.29, 1.82) is 0 Å². The van der Waals surface area contributed by atoms with Gasteiger partial charge in [-0.2, -0.15) is 0 Å². The third kappa shape index (κ3) is 3.04. The molecule has 0 aromatic carbocycles. The number of hydrogen-bond acceptors (Lipinski definition) is 3. The largest absolute Gasteiger partial charge is 0.480 e. The molecule has 0 saturated carbocycles. The fraction of sp³-hybridized carbons (Fsp3) is 0.800. The summed E-state index contributed by atoms with van der Waals surface area (Å²) in [6.45, 7) is 4.41. The third-order valence-corrected chi connectivity index (χ3v) is 2.26. The van der Waals surface area contributed by atoms with E-state index < -0.39 is 36.0 Å². The van der Waals surface area contributed by atoms with E-state index in [4.69, 9.17) is 9.84 Å². The Bertz CT molecular complexity index is 338. The topological polar surface area (TPSA) is 66.8 Å². The normalized spacial score (nSPS) is 23.6. The minimum atomic E-state index is -3.41. The summed E-state index contributed by atoms with van der Waals surface area (Å²) >= 11 is 0. The van der Waals surface area contributed by atoms with Gasteiger partial charge in [0.25, 0.3) is 5.92 Å². The molecule has 0 aliphatic carbocycles. The van der Waals surface area contributed by atoms with E-state index in [1.807, 2.05) is 0 Å². The van der Waals surface area contributed by atoms with Crippen molar-refractivity contribution >= 4 is 12.1 Å². The first-order valence-electron chi connectivity index (χ1n) is 5.15. The van der Waals surface area contributed by atoms with Crippen LogP contribution in [0.3, 0.4) is 0 Å². The molecule has 0 radical (unpaired) electrons. The van der Waals surface area contributed by atoms with Crippen molar-refractivity contribution in [3.63, 3.8) is 0 Å². The number of likely N-dealkylation sites (tertiary alicyclic amines) is 1. The summed E-state index contributed by atoms with van der Waals surface area (Å²) in [6.07, 6.45) is -1.69. The average molecular weight is 251 g/mol. The van der Waals surface area contributed by atoms with Gasteiger partial charge in [0, 0.05) is 13.0 Å². The van der Waals surface area contributed by atoms with E-state index in [2.05, 4.69) is 0 Å². The van der Waals surface area contributed by atoms with Gasteiger partial charge in [-0.05, 0) is 20.8 Å². The Labute approximate surface area is 97.3 Å². The van der Waals surface area contributed by atoms with Gasteiger partial charge < -0.3 is 9.84 Å². The van der Waals surface area contributed by atoms with Gasteiger partial charge in [-0.1, -0.05) is 0 Å². The average Bonchev–Trinajstić information content (AvgIpc) is 2.37. The summed E-state index contributed by atoms with van der Waals surface area (Å²) in [5, 5.41) is 8.74. The number of carboxylic acids is 1. The standard InChI is InChI=1S/C10H15F2NO4/c1-9(2,3)17-8(16)13-5-4-10(11,12)6(13)7(14)15/h6H,4-5H2,1-3H3,(H,14,15). The van der Waals surface area contributed by atoms with E-state index in [1.165, 1.54) is 0 Å². The lowest BCUT2D eigenvalue weighted by molar-refractivity contribution is -0.152. The fourth-order valence-electron chi connectivity index (χ4n) is 1.59. The van der Waals surface area contributed by atoms with Crippen molar-refractivity contribution in [1.82, 2.24) is 4.90 Å². The number of hydrogen-bond donors (Lipinski definition) is 1. The van der Waals surface area contributed by atoms with Crippen molar-refractivity contribution in [3.8, 4) is 0 Å². The van der Waals surface area contributed by atoms with Crippen LogP contribution in [0.25, 0.3) is 0 Å². The fourth-order valence-corrected chi connectivity index (χ4v) is 1.59. The van der Waals surface area contributed by atoms with Crippen LogP contribution in [-0.4, -0.2) is 46.2 Å². The predicted octanol–water partition coefficient (Wildman–Crippen LogP) is 1.72. The maximum absolute atomic E-state index is 13.3. The molecule has 7 heteroatoms. The number of amides is 1. The van der Waals surface area contributed by atoms with Gasteiger partial charge in [-0.3, -0.25) is 4.90 Å². The van der Waals surface area contributed by atoms with Gasteiger partial charge in [-0.15, -0.1) is 0 Å². The summed E-state index contributed by atoms with van der Waals surface area (Å²) in [5.74, 6) is -5.14. The van der Waals surface area contributed by atoms with Crippen molar-refractivity contribution in [3.05, 3.63) is 0 Å². The molecule has 0 bridgehead atoms. The molecule has 0 aromatic rings. The highest BCUT2D eigenvalue weighted by molar-refractivity contribution is 5.82. The molecular weight excluding hydrogens is 236 g/mol. The first kappa shape index (κ1) is 13.7. The van der Waals surface area contributed by atoms with Crippen LogP contribution in [0.15, 0.2) is 0 Å². The Hall–Kier alpha value is -1.40. The highest BCUT2D eigenvalue weighted by Crippen LogP contribution is 2.34. The second kappa shape index (κ2) is 4.12. The number of rotatable bonds is 1. The van der Waals surface area contributed by atoms with Crippen molar-refractivity contribution < 1.29 is 28.2 Å². The second-order valence-electron chi connectivity index (χ2n) is 4.93. The number of carbonyl (C=O) groups is 2. The summed E-state index contributed by atoms with van der Waals surface area (Å²) in [6, 6.07) is -2.14. The molecule has 1 N–H and O–H groups in total. The van der Waals surface area contributed by atoms with Crippen LogP contribution >= 0.6 is 0 Å². The van der Waals surface area contributed by atoms with Crippen molar-refractivity contribution in [2.75, 3.05) is 6.54 Å². The minimum Gasteiger partial charge on any atom is -0.480 e. The van der Waals surface area contributed by atoms with Crippen LogP contribution < -0.4 is 0 Å². The molecule has 1 unspecified atom stereocenters. The molecular formula is C10H15F2NO4. The van der Waals surface area contributed by atoms with Gasteiger partial charge in [-0.25, -0.2) is 18.4 Å². The van der Waals surface area contributed by atoms with Gasteiger partial charge in [0.1, 0.15) is 5.60 Å². The SMILES string of the molecule is CC(C)(C)OC(=O)N1CCC(F)(F)C1C(=O)O. The Morgan fingerprint density at radius 3 is 2.35 bits per heavy atom. The maximum Gasteiger partial charge on any atom is 0.411 e. The highest BCUT2D eigenvalue weighted by atomic mass is 19.3. The molecule has 1 atom stereocenters. The van der Waals surface area contributed by atoms with Crippen molar-refractivity contribution in [2.45, 2.75) is 44.8 Å². The summed E-state index contributed by atoms with van der Waals surface area (Å²) in [7, 11) is 0. The molecule has 1 rings (SSSR count). The number of carbonyl (C=O) groups excluding carboxylic acids is 1. The molecule has 1 aliphatic rings. The van der Waals surface area contributed by atoms with Crippen LogP contribution in [0.4, 0.5) is 13.6 Å². The number of aliphatic carboxylic acids is 1. The molecule has 0 aromatic heterocycles. The molecule has 1 fully saturated rings. The zero-order chi connectivity index (χ0) is 13.4. The number of ether oxygens (including phenoxy) is 1. The molecule has 1 saturated heterocycles. The maximum atomic E-state index is 13.3. The molecule has 98 valence electrons. The lowest BCUT2D eigenvalue weighted by Crippen LogP contribution is -2.49. The van der Waals surface area contributed by atoms with E-state index in [9.17, 15) is 18.4 Å². The van der Waals surface area contributed by atoms with Gasteiger partial charge in [0.15, 0.2) is 6.04 Å². The van der Waals surface area contributed by atoms with Crippen LogP contribution in [-0.2, 0) is 9.53 Å². The zero-order valence-corrected chi connectivity index (χ0v) is 9.87. The lowest BCUT2D eigenvalue weighted by atomic mass is 10.1. The number of nitrogens with zero attached hydrogens (tertiary/aromatic N) is 1. The summed E-state index contributed by atoms with van der Waals surface area (Å²) in [4.78, 5) is 22.9. The van der Waals surface area contributed by atoms with Crippen LogP contribution in [0.2, 0.25) is 0 Å². The van der Waals surface area contributed by atoms with Crippen LogP contribution in [0, 0.1) is 0 Å². The number of halogens is 2. The quantitative estimate of drug-likeness (QED) is 0.770. The monoisotopic (exact) mass is 251 g/mol. The lowest BCUT2D eigenvalue weighted by Gasteiger charge is -2.27. The number of alkyl halides is 2. The predicted molar refractivity (Wildman–Crippen MR) is 53.9 cm³/mol. The van der Waals surface area contributed by atoms with Crippen LogP contribution in [0.1, 0.15) is 27.2 Å². The van der Waals surface area contributed by atoms with E-state index in [1.54, 1.807) is 20.8 Å². The Kier molecular flexibility index (Phi) is 3.31. The van der Waals surface area contributed by atoms with E-state index in [0.717, 1.165) is 0 Å². The van der Waals surface area contributed by atoms with Gasteiger partial charge >= 0.3 is 12.1 Å². The number of carboxylic acid groups (broad SMARTS) is 1. The van der Waals surface area contributed by atoms with E-state index in [0.29, 0.717) is 4.90 Å². The third-order valence-electron chi connectivity index (χ3n) is 2.26. The zero-order valence-electron chi connectivity index (χ0n) is 9.87. The molecule has 17 heavy (non-hydrogen) atoms. The Morgan fingerprint density at radius 1 is 1.41 bits per heavy atom. The summed E-state index contributed by atoms with van der Waals surface area (Å²) < 4.78 is 31.4. The summed E-state index contributed by atoms with van der Waals surface area (Å²) in [5.41, 5.74) is -0.849. The Morgan fingerprint density at radius 2 is 1.94 bits per heavy atom. The molecule has 1 heterocycles.